The standard InChI is InChI=1S/C23H50NO/c1-6-7-8-9-10-11-12-13-14-15-16-17-18-19-20-21-22-25-23(2)24(3,4)5/h23H,6-22H2,1-5H3/q+1. The van der Waals surface area contributed by atoms with Crippen molar-refractivity contribution in [1.29, 1.82) is 0 Å². The summed E-state index contributed by atoms with van der Waals surface area (Å²) in [5, 5.41) is 0. The summed E-state index contributed by atoms with van der Waals surface area (Å²) in [5.74, 6) is 0. The van der Waals surface area contributed by atoms with Gasteiger partial charge < -0.3 is 9.22 Å². The quantitative estimate of drug-likeness (QED) is 0.134. The molecule has 0 N–H and O–H groups in total. The number of unbranched alkanes of at least 4 members (excludes halogenated alkanes) is 15. The fraction of sp³-hybridized carbons (Fsp3) is 1.00. The first kappa shape index (κ1) is 24.9. The maximum Gasteiger partial charge on any atom is 0.189 e. The Balaban J connectivity index is 3.10. The van der Waals surface area contributed by atoms with Gasteiger partial charge in [-0.1, -0.05) is 103 Å². The van der Waals surface area contributed by atoms with E-state index >= 15 is 0 Å². The highest BCUT2D eigenvalue weighted by atomic mass is 16.5. The molecule has 0 aromatic carbocycles. The lowest BCUT2D eigenvalue weighted by molar-refractivity contribution is -0.917. The predicted octanol–water partition coefficient (Wildman–Crippen LogP) is 7.32. The molecule has 0 aliphatic heterocycles. The van der Waals surface area contributed by atoms with Crippen molar-refractivity contribution in [2.45, 2.75) is 123 Å². The highest BCUT2D eigenvalue weighted by Crippen LogP contribution is 2.14. The van der Waals surface area contributed by atoms with E-state index in [0.717, 1.165) is 11.1 Å². The van der Waals surface area contributed by atoms with Gasteiger partial charge in [0.25, 0.3) is 0 Å². The number of hydrogen-bond acceptors (Lipinski definition) is 1. The molecule has 1 unspecified atom stereocenters. The van der Waals surface area contributed by atoms with Crippen LogP contribution in [0.3, 0.4) is 0 Å². The Hall–Kier alpha value is -0.0800. The molecule has 0 saturated carbocycles. The van der Waals surface area contributed by atoms with Crippen LogP contribution < -0.4 is 0 Å². The molecule has 0 amide bonds. The molecule has 2 nitrogen and oxygen atoms in total. The third-order valence-electron chi connectivity index (χ3n) is 5.45. The number of quaternary nitrogens is 1. The minimum absolute atomic E-state index is 0.302. The number of rotatable bonds is 19. The topological polar surface area (TPSA) is 9.23 Å². The Kier molecular flexibility index (Phi) is 17.3. The summed E-state index contributed by atoms with van der Waals surface area (Å²) in [5.41, 5.74) is 0. The van der Waals surface area contributed by atoms with Crippen LogP contribution in [0.25, 0.3) is 0 Å². The molecule has 0 heterocycles. The van der Waals surface area contributed by atoms with Crippen LogP contribution in [0.5, 0.6) is 0 Å². The molecule has 1 atom stereocenters. The molecule has 0 aromatic heterocycles. The maximum absolute atomic E-state index is 5.90. The number of hydrogen-bond donors (Lipinski definition) is 0. The van der Waals surface area contributed by atoms with Gasteiger partial charge >= 0.3 is 0 Å². The van der Waals surface area contributed by atoms with Crippen LogP contribution in [-0.2, 0) is 4.74 Å². The molecule has 152 valence electrons. The van der Waals surface area contributed by atoms with E-state index in [1.54, 1.807) is 0 Å². The molecule has 0 spiro atoms. The van der Waals surface area contributed by atoms with E-state index in [2.05, 4.69) is 35.0 Å². The van der Waals surface area contributed by atoms with E-state index in [-0.39, 0.29) is 0 Å². The first-order chi connectivity index (χ1) is 12.0. The maximum atomic E-state index is 5.90. The molecule has 0 aromatic rings. The Morgan fingerprint density at radius 3 is 1.20 bits per heavy atom. The van der Waals surface area contributed by atoms with Gasteiger partial charge in [-0.3, -0.25) is 0 Å². The summed E-state index contributed by atoms with van der Waals surface area (Å²) in [7, 11) is 6.58. The summed E-state index contributed by atoms with van der Waals surface area (Å²) >= 11 is 0. The van der Waals surface area contributed by atoms with E-state index in [1.165, 1.54) is 103 Å². The highest BCUT2D eigenvalue weighted by Gasteiger charge is 2.17. The van der Waals surface area contributed by atoms with Gasteiger partial charge in [0.1, 0.15) is 0 Å². The zero-order valence-corrected chi connectivity index (χ0v) is 18.5. The highest BCUT2D eigenvalue weighted by molar-refractivity contribution is 4.50. The fourth-order valence-corrected chi connectivity index (χ4v) is 3.13. The second kappa shape index (κ2) is 17.3. The van der Waals surface area contributed by atoms with Crippen molar-refractivity contribution >= 4 is 0 Å². The smallest absolute Gasteiger partial charge is 0.189 e. The van der Waals surface area contributed by atoms with Gasteiger partial charge in [0.15, 0.2) is 6.23 Å². The zero-order valence-electron chi connectivity index (χ0n) is 18.5. The Bertz CT molecular complexity index is 259. The van der Waals surface area contributed by atoms with Crippen molar-refractivity contribution in [3.05, 3.63) is 0 Å². The van der Waals surface area contributed by atoms with Crippen LogP contribution >= 0.6 is 0 Å². The summed E-state index contributed by atoms with van der Waals surface area (Å²) in [6, 6.07) is 0. The molecule has 0 aliphatic carbocycles. The Labute approximate surface area is 160 Å². The SMILES string of the molecule is CCCCCCCCCCCCCCCCCCOC(C)[N+](C)(C)C. The third-order valence-corrected chi connectivity index (χ3v) is 5.45. The predicted molar refractivity (Wildman–Crippen MR) is 113 cm³/mol. The summed E-state index contributed by atoms with van der Waals surface area (Å²) in [6.07, 6.45) is 23.1. The average molecular weight is 357 g/mol. The Morgan fingerprint density at radius 1 is 0.560 bits per heavy atom. The molecular weight excluding hydrogens is 306 g/mol. The van der Waals surface area contributed by atoms with Gasteiger partial charge in [-0.2, -0.15) is 0 Å². The van der Waals surface area contributed by atoms with Crippen molar-refractivity contribution in [2.75, 3.05) is 27.7 Å². The zero-order chi connectivity index (χ0) is 18.8. The van der Waals surface area contributed by atoms with E-state index in [0.29, 0.717) is 6.23 Å². The van der Waals surface area contributed by atoms with E-state index in [1.807, 2.05) is 0 Å². The molecule has 0 saturated heterocycles. The minimum atomic E-state index is 0.302. The van der Waals surface area contributed by atoms with Gasteiger partial charge in [0.2, 0.25) is 0 Å². The molecule has 0 aliphatic rings. The van der Waals surface area contributed by atoms with Gasteiger partial charge in [-0.25, -0.2) is 0 Å². The molecule has 25 heavy (non-hydrogen) atoms. The third kappa shape index (κ3) is 18.5. The number of ether oxygens (including phenoxy) is 1. The fourth-order valence-electron chi connectivity index (χ4n) is 3.13. The van der Waals surface area contributed by atoms with Crippen molar-refractivity contribution in [1.82, 2.24) is 0 Å². The van der Waals surface area contributed by atoms with Crippen LogP contribution in [0.2, 0.25) is 0 Å². The second-order valence-electron chi connectivity index (χ2n) is 8.89. The number of nitrogens with zero attached hydrogens (tertiary/aromatic N) is 1. The van der Waals surface area contributed by atoms with Gasteiger partial charge in [-0.15, -0.1) is 0 Å². The summed E-state index contributed by atoms with van der Waals surface area (Å²) in [6.45, 7) is 5.39. The Morgan fingerprint density at radius 2 is 0.880 bits per heavy atom. The lowest BCUT2D eigenvalue weighted by Crippen LogP contribution is -2.44. The summed E-state index contributed by atoms with van der Waals surface area (Å²) in [4.78, 5) is 0. The molecule has 0 fully saturated rings. The van der Waals surface area contributed by atoms with Crippen LogP contribution in [0.1, 0.15) is 117 Å². The van der Waals surface area contributed by atoms with Gasteiger partial charge in [0, 0.05) is 6.92 Å². The van der Waals surface area contributed by atoms with E-state index in [4.69, 9.17) is 4.74 Å². The lowest BCUT2D eigenvalue weighted by Gasteiger charge is -2.31. The van der Waals surface area contributed by atoms with Crippen LogP contribution in [0.4, 0.5) is 0 Å². The van der Waals surface area contributed by atoms with Gasteiger partial charge in [0.05, 0.1) is 27.7 Å². The summed E-state index contributed by atoms with van der Waals surface area (Å²) < 4.78 is 6.79. The normalized spacial score (nSPS) is 13.3. The van der Waals surface area contributed by atoms with Crippen LogP contribution in [0.15, 0.2) is 0 Å². The monoisotopic (exact) mass is 356 g/mol. The van der Waals surface area contributed by atoms with Crippen LogP contribution in [-0.4, -0.2) is 38.5 Å². The van der Waals surface area contributed by atoms with E-state index in [9.17, 15) is 0 Å². The largest absolute Gasteiger partial charge is 0.329 e. The average Bonchev–Trinajstić information content (AvgIpc) is 2.56. The lowest BCUT2D eigenvalue weighted by atomic mass is 10.0. The van der Waals surface area contributed by atoms with Crippen molar-refractivity contribution < 1.29 is 9.22 Å². The molecule has 0 rings (SSSR count). The molecule has 0 radical (unpaired) electrons. The molecule has 2 heteroatoms. The second-order valence-corrected chi connectivity index (χ2v) is 8.89. The van der Waals surface area contributed by atoms with Crippen molar-refractivity contribution in [3.8, 4) is 0 Å². The molecule has 0 bridgehead atoms. The van der Waals surface area contributed by atoms with E-state index < -0.39 is 0 Å². The first-order valence-corrected chi connectivity index (χ1v) is 11.4. The first-order valence-electron chi connectivity index (χ1n) is 11.4. The molecular formula is C23H50NO+. The van der Waals surface area contributed by atoms with Gasteiger partial charge in [-0.05, 0) is 6.42 Å². The van der Waals surface area contributed by atoms with Crippen molar-refractivity contribution in [2.24, 2.45) is 0 Å². The van der Waals surface area contributed by atoms with Crippen molar-refractivity contribution in [3.63, 3.8) is 0 Å². The van der Waals surface area contributed by atoms with Crippen LogP contribution in [0, 0.1) is 0 Å². The minimum Gasteiger partial charge on any atom is -0.329 e.